The van der Waals surface area contributed by atoms with Crippen molar-refractivity contribution in [1.29, 1.82) is 0 Å². The molecule has 0 atom stereocenters. The number of esters is 1. The SMILES string of the molecule is O=C(CNC(=O)c1ccc(-c2ccccc2)cc1)OCCCc1ccncc1. The molecule has 0 saturated carbocycles. The number of carbonyl (C=O) groups is 2. The van der Waals surface area contributed by atoms with Crippen molar-refractivity contribution in [2.45, 2.75) is 12.8 Å². The minimum atomic E-state index is -0.441. The van der Waals surface area contributed by atoms with E-state index >= 15 is 0 Å². The van der Waals surface area contributed by atoms with E-state index in [-0.39, 0.29) is 12.5 Å². The molecule has 0 saturated heterocycles. The van der Waals surface area contributed by atoms with Crippen molar-refractivity contribution >= 4 is 11.9 Å². The summed E-state index contributed by atoms with van der Waals surface area (Å²) < 4.78 is 5.16. The second kappa shape index (κ2) is 10.0. The molecule has 0 radical (unpaired) electrons. The first-order valence-electron chi connectivity index (χ1n) is 9.20. The van der Waals surface area contributed by atoms with E-state index in [1.54, 1.807) is 24.5 Å². The van der Waals surface area contributed by atoms with Crippen LogP contribution in [0.5, 0.6) is 0 Å². The lowest BCUT2D eigenvalue weighted by atomic mass is 10.0. The monoisotopic (exact) mass is 374 g/mol. The summed E-state index contributed by atoms with van der Waals surface area (Å²) in [5.41, 5.74) is 3.78. The van der Waals surface area contributed by atoms with Gasteiger partial charge in [-0.3, -0.25) is 14.6 Å². The van der Waals surface area contributed by atoms with Gasteiger partial charge in [0.25, 0.3) is 5.91 Å². The van der Waals surface area contributed by atoms with E-state index in [4.69, 9.17) is 4.74 Å². The molecule has 5 heteroatoms. The van der Waals surface area contributed by atoms with E-state index < -0.39 is 5.97 Å². The number of nitrogens with one attached hydrogen (secondary N) is 1. The summed E-state index contributed by atoms with van der Waals surface area (Å²) in [7, 11) is 0. The molecule has 0 aliphatic heterocycles. The smallest absolute Gasteiger partial charge is 0.325 e. The molecule has 28 heavy (non-hydrogen) atoms. The van der Waals surface area contributed by atoms with Crippen LogP contribution < -0.4 is 5.32 Å². The van der Waals surface area contributed by atoms with Crippen LogP contribution in [0.3, 0.4) is 0 Å². The summed E-state index contributed by atoms with van der Waals surface area (Å²) in [4.78, 5) is 27.9. The minimum absolute atomic E-state index is 0.144. The molecule has 5 nitrogen and oxygen atoms in total. The van der Waals surface area contributed by atoms with Crippen LogP contribution in [0, 0.1) is 0 Å². The van der Waals surface area contributed by atoms with Crippen molar-refractivity contribution < 1.29 is 14.3 Å². The van der Waals surface area contributed by atoms with Crippen molar-refractivity contribution in [1.82, 2.24) is 10.3 Å². The first-order chi connectivity index (χ1) is 13.7. The summed E-state index contributed by atoms with van der Waals surface area (Å²) in [6.07, 6.45) is 5.02. The summed E-state index contributed by atoms with van der Waals surface area (Å²) in [6, 6.07) is 21.1. The van der Waals surface area contributed by atoms with Gasteiger partial charge in [0.05, 0.1) is 6.61 Å². The predicted molar refractivity (Wildman–Crippen MR) is 108 cm³/mol. The van der Waals surface area contributed by atoms with Gasteiger partial charge in [-0.05, 0) is 53.8 Å². The topological polar surface area (TPSA) is 68.3 Å². The number of aryl methyl sites for hydroxylation is 1. The van der Waals surface area contributed by atoms with Gasteiger partial charge in [-0.1, -0.05) is 42.5 Å². The van der Waals surface area contributed by atoms with Crippen molar-refractivity contribution in [3.8, 4) is 11.1 Å². The van der Waals surface area contributed by atoms with E-state index in [0.29, 0.717) is 12.2 Å². The molecular formula is C23H22N2O3. The van der Waals surface area contributed by atoms with Gasteiger partial charge in [-0.15, -0.1) is 0 Å². The Balaban J connectivity index is 1.39. The van der Waals surface area contributed by atoms with E-state index in [1.165, 1.54) is 0 Å². The fourth-order valence-electron chi connectivity index (χ4n) is 2.76. The lowest BCUT2D eigenvalue weighted by Crippen LogP contribution is -2.30. The van der Waals surface area contributed by atoms with Crippen molar-refractivity contribution in [2.24, 2.45) is 0 Å². The summed E-state index contributed by atoms with van der Waals surface area (Å²) >= 11 is 0. The average Bonchev–Trinajstić information content (AvgIpc) is 2.76. The molecule has 3 aromatic rings. The van der Waals surface area contributed by atoms with Gasteiger partial charge in [0, 0.05) is 18.0 Å². The summed E-state index contributed by atoms with van der Waals surface area (Å²) in [6.45, 7) is 0.178. The lowest BCUT2D eigenvalue weighted by Gasteiger charge is -2.07. The number of hydrogen-bond donors (Lipinski definition) is 1. The zero-order valence-corrected chi connectivity index (χ0v) is 15.5. The molecular weight excluding hydrogens is 352 g/mol. The van der Waals surface area contributed by atoms with Crippen LogP contribution in [-0.4, -0.2) is 30.0 Å². The van der Waals surface area contributed by atoms with E-state index in [1.807, 2.05) is 54.6 Å². The van der Waals surface area contributed by atoms with Crippen LogP contribution in [0.4, 0.5) is 0 Å². The maximum absolute atomic E-state index is 12.2. The molecule has 0 unspecified atom stereocenters. The maximum Gasteiger partial charge on any atom is 0.325 e. The van der Waals surface area contributed by atoms with Crippen LogP contribution in [0.2, 0.25) is 0 Å². The fraction of sp³-hybridized carbons (Fsp3) is 0.174. The third-order valence-corrected chi connectivity index (χ3v) is 4.27. The highest BCUT2D eigenvalue weighted by Crippen LogP contribution is 2.19. The van der Waals surface area contributed by atoms with Gasteiger partial charge in [-0.2, -0.15) is 0 Å². The molecule has 2 aromatic carbocycles. The first-order valence-corrected chi connectivity index (χ1v) is 9.20. The zero-order chi connectivity index (χ0) is 19.6. The molecule has 1 N–H and O–H groups in total. The van der Waals surface area contributed by atoms with Crippen LogP contribution in [0.15, 0.2) is 79.1 Å². The Morgan fingerprint density at radius 2 is 1.54 bits per heavy atom. The molecule has 1 heterocycles. The Morgan fingerprint density at radius 1 is 0.857 bits per heavy atom. The molecule has 0 fully saturated rings. The summed E-state index contributed by atoms with van der Waals surface area (Å²) in [5, 5.41) is 2.59. The predicted octanol–water partition coefficient (Wildman–Crippen LogP) is 3.65. The van der Waals surface area contributed by atoms with Crippen LogP contribution >= 0.6 is 0 Å². The molecule has 1 amide bonds. The van der Waals surface area contributed by atoms with Crippen LogP contribution in [0.25, 0.3) is 11.1 Å². The van der Waals surface area contributed by atoms with Crippen molar-refractivity contribution in [3.05, 3.63) is 90.3 Å². The molecule has 0 bridgehead atoms. The molecule has 1 aromatic heterocycles. The standard InChI is InChI=1S/C23H22N2O3/c26-22(28-16-4-5-18-12-14-24-15-13-18)17-25-23(27)21-10-8-20(9-11-21)19-6-2-1-3-7-19/h1-3,6-15H,4-5,16-17H2,(H,25,27). The number of amides is 1. The van der Waals surface area contributed by atoms with Gasteiger partial charge < -0.3 is 10.1 Å². The fourth-order valence-corrected chi connectivity index (χ4v) is 2.76. The Labute approximate surface area is 164 Å². The van der Waals surface area contributed by atoms with Gasteiger partial charge >= 0.3 is 5.97 Å². The van der Waals surface area contributed by atoms with Crippen LogP contribution in [-0.2, 0) is 16.0 Å². The number of ether oxygens (including phenoxy) is 1. The largest absolute Gasteiger partial charge is 0.464 e. The van der Waals surface area contributed by atoms with Crippen molar-refractivity contribution in [3.63, 3.8) is 0 Å². The Hall–Kier alpha value is -3.47. The van der Waals surface area contributed by atoms with Gasteiger partial charge in [-0.25, -0.2) is 0 Å². The Bertz CT molecular complexity index is 894. The molecule has 3 rings (SSSR count). The van der Waals surface area contributed by atoms with E-state index in [2.05, 4.69) is 10.3 Å². The number of pyridine rings is 1. The van der Waals surface area contributed by atoms with E-state index in [0.717, 1.165) is 29.5 Å². The number of nitrogens with zero attached hydrogens (tertiary/aromatic N) is 1. The maximum atomic E-state index is 12.2. The number of rotatable bonds is 8. The first kappa shape index (κ1) is 19.3. The number of aromatic nitrogens is 1. The number of benzene rings is 2. The Morgan fingerprint density at radius 3 is 2.25 bits per heavy atom. The van der Waals surface area contributed by atoms with Crippen molar-refractivity contribution in [2.75, 3.05) is 13.2 Å². The van der Waals surface area contributed by atoms with Crippen LogP contribution in [0.1, 0.15) is 22.3 Å². The quantitative estimate of drug-likeness (QED) is 0.483. The lowest BCUT2D eigenvalue weighted by molar-refractivity contribution is -0.142. The summed E-state index contributed by atoms with van der Waals surface area (Å²) in [5.74, 6) is -0.739. The average molecular weight is 374 g/mol. The minimum Gasteiger partial charge on any atom is -0.464 e. The third-order valence-electron chi connectivity index (χ3n) is 4.27. The van der Waals surface area contributed by atoms with Gasteiger partial charge in [0.2, 0.25) is 0 Å². The highest BCUT2D eigenvalue weighted by molar-refractivity contribution is 5.96. The highest BCUT2D eigenvalue weighted by atomic mass is 16.5. The zero-order valence-electron chi connectivity index (χ0n) is 15.5. The number of hydrogen-bond acceptors (Lipinski definition) is 4. The molecule has 0 aliphatic carbocycles. The van der Waals surface area contributed by atoms with Gasteiger partial charge in [0.1, 0.15) is 6.54 Å². The highest BCUT2D eigenvalue weighted by Gasteiger charge is 2.09. The third kappa shape index (κ3) is 5.77. The second-order valence-electron chi connectivity index (χ2n) is 6.31. The Kier molecular flexibility index (Phi) is 6.90. The molecule has 0 aliphatic rings. The molecule has 142 valence electrons. The number of carbonyl (C=O) groups excluding carboxylic acids is 2. The second-order valence-corrected chi connectivity index (χ2v) is 6.31. The molecule has 0 spiro atoms. The van der Waals surface area contributed by atoms with Gasteiger partial charge in [0.15, 0.2) is 0 Å². The van der Waals surface area contributed by atoms with E-state index in [9.17, 15) is 9.59 Å². The normalized spacial score (nSPS) is 10.3.